The molecule has 0 atom stereocenters. The third-order valence-electron chi connectivity index (χ3n) is 1.46. The zero-order valence-electron chi connectivity index (χ0n) is 7.17. The number of anilines is 1. The van der Waals surface area contributed by atoms with Gasteiger partial charge in [-0.05, 0) is 12.1 Å². The van der Waals surface area contributed by atoms with Crippen molar-refractivity contribution in [3.8, 4) is 0 Å². The van der Waals surface area contributed by atoms with Gasteiger partial charge in [-0.2, -0.15) is 0 Å². The minimum atomic E-state index is -0.688. The number of hydrogen-bond donors (Lipinski definition) is 3. The van der Waals surface area contributed by atoms with Gasteiger partial charge < -0.3 is 16.3 Å². The highest BCUT2D eigenvalue weighted by atomic mass is 19.1. The normalized spacial score (nSPS) is 11.4. The summed E-state index contributed by atoms with van der Waals surface area (Å²) in [6.45, 7) is 0.0133. The maximum Gasteiger partial charge on any atom is 0.158 e. The molecule has 0 radical (unpaired) electrons. The Morgan fingerprint density at radius 1 is 1.36 bits per heavy atom. The summed E-state index contributed by atoms with van der Waals surface area (Å²) in [5, 5.41) is 13.5. The predicted molar refractivity (Wildman–Crippen MR) is 48.3 cm³/mol. The molecule has 0 aliphatic heterocycles. The molecular formula is C8H9F2N3O. The average Bonchev–Trinajstić information content (AvgIpc) is 2.12. The van der Waals surface area contributed by atoms with E-state index >= 15 is 0 Å². The number of nitrogens with one attached hydrogen (secondary N) is 1. The van der Waals surface area contributed by atoms with Gasteiger partial charge in [0.05, 0.1) is 6.54 Å². The van der Waals surface area contributed by atoms with Gasteiger partial charge in [-0.3, -0.25) is 0 Å². The Bertz CT molecular complexity index is 334. The van der Waals surface area contributed by atoms with Gasteiger partial charge in [-0.25, -0.2) is 8.78 Å². The predicted octanol–water partition coefficient (Wildman–Crippen LogP) is 1.12. The van der Waals surface area contributed by atoms with E-state index in [0.717, 1.165) is 18.2 Å². The first-order valence-electron chi connectivity index (χ1n) is 3.78. The molecule has 1 aromatic rings. The van der Waals surface area contributed by atoms with Crippen LogP contribution in [-0.4, -0.2) is 17.6 Å². The van der Waals surface area contributed by atoms with Crippen LogP contribution in [0.1, 0.15) is 0 Å². The Morgan fingerprint density at radius 2 is 1.93 bits per heavy atom. The molecule has 4 nitrogen and oxygen atoms in total. The highest BCUT2D eigenvalue weighted by Crippen LogP contribution is 2.12. The lowest BCUT2D eigenvalue weighted by Crippen LogP contribution is -2.22. The highest BCUT2D eigenvalue weighted by Gasteiger charge is 2.00. The summed E-state index contributed by atoms with van der Waals surface area (Å²) >= 11 is 0. The van der Waals surface area contributed by atoms with E-state index < -0.39 is 11.6 Å². The number of oxime groups is 1. The fourth-order valence-corrected chi connectivity index (χ4v) is 0.884. The van der Waals surface area contributed by atoms with Crippen LogP contribution in [0.25, 0.3) is 0 Å². The largest absolute Gasteiger partial charge is 0.409 e. The van der Waals surface area contributed by atoms with Crippen molar-refractivity contribution >= 4 is 11.5 Å². The molecule has 0 aliphatic rings. The molecule has 0 bridgehead atoms. The van der Waals surface area contributed by atoms with Crippen molar-refractivity contribution in [3.05, 3.63) is 29.8 Å². The van der Waals surface area contributed by atoms with E-state index in [0.29, 0.717) is 0 Å². The smallest absolute Gasteiger partial charge is 0.158 e. The van der Waals surface area contributed by atoms with Crippen LogP contribution in [0.15, 0.2) is 23.4 Å². The molecular weight excluding hydrogens is 192 g/mol. The molecule has 0 heterocycles. The maximum atomic E-state index is 12.6. The molecule has 14 heavy (non-hydrogen) atoms. The summed E-state index contributed by atoms with van der Waals surface area (Å²) in [6, 6.07) is 2.97. The van der Waals surface area contributed by atoms with Crippen LogP contribution >= 0.6 is 0 Å². The van der Waals surface area contributed by atoms with Crippen molar-refractivity contribution < 1.29 is 14.0 Å². The van der Waals surface area contributed by atoms with Gasteiger partial charge in [0, 0.05) is 11.8 Å². The van der Waals surface area contributed by atoms with E-state index in [1.54, 1.807) is 0 Å². The van der Waals surface area contributed by atoms with Crippen LogP contribution in [0, 0.1) is 11.6 Å². The minimum absolute atomic E-state index is 0.0133. The molecule has 0 saturated carbocycles. The van der Waals surface area contributed by atoms with Gasteiger partial charge in [-0.1, -0.05) is 5.16 Å². The van der Waals surface area contributed by atoms with Crippen molar-refractivity contribution in [2.75, 3.05) is 11.9 Å². The Kier molecular flexibility index (Phi) is 3.22. The zero-order valence-corrected chi connectivity index (χ0v) is 7.17. The van der Waals surface area contributed by atoms with E-state index in [1.807, 2.05) is 0 Å². The van der Waals surface area contributed by atoms with Crippen LogP contribution < -0.4 is 11.1 Å². The first kappa shape index (κ1) is 10.2. The lowest BCUT2D eigenvalue weighted by Gasteiger charge is -2.04. The van der Waals surface area contributed by atoms with Crippen molar-refractivity contribution in [1.82, 2.24) is 0 Å². The third kappa shape index (κ3) is 2.89. The molecule has 0 unspecified atom stereocenters. The fraction of sp³-hybridized carbons (Fsp3) is 0.125. The van der Waals surface area contributed by atoms with E-state index in [2.05, 4.69) is 10.5 Å². The van der Waals surface area contributed by atoms with Crippen LogP contribution in [0.5, 0.6) is 0 Å². The maximum absolute atomic E-state index is 12.6. The first-order chi connectivity index (χ1) is 6.61. The van der Waals surface area contributed by atoms with Crippen molar-refractivity contribution in [1.29, 1.82) is 0 Å². The molecule has 1 aromatic carbocycles. The molecule has 0 spiro atoms. The van der Waals surface area contributed by atoms with E-state index in [9.17, 15) is 8.78 Å². The summed E-state index contributed by atoms with van der Waals surface area (Å²) in [6.07, 6.45) is 0. The summed E-state index contributed by atoms with van der Waals surface area (Å²) in [7, 11) is 0. The first-order valence-corrected chi connectivity index (χ1v) is 3.78. The van der Waals surface area contributed by atoms with Gasteiger partial charge in [0.2, 0.25) is 0 Å². The minimum Gasteiger partial charge on any atom is -0.409 e. The Labute approximate surface area is 79.0 Å². The van der Waals surface area contributed by atoms with Gasteiger partial charge in [0.15, 0.2) is 5.84 Å². The summed E-state index contributed by atoms with van der Waals surface area (Å²) in [5.41, 5.74) is 5.38. The standard InChI is InChI=1S/C8H9F2N3O/c9-5-1-6(10)3-7(2-5)12-4-8(11)13-14/h1-3,12,14H,4H2,(H2,11,13). The number of hydrogen-bond acceptors (Lipinski definition) is 3. The summed E-state index contributed by atoms with van der Waals surface area (Å²) < 4.78 is 25.3. The summed E-state index contributed by atoms with van der Waals surface area (Å²) in [5.74, 6) is -1.45. The average molecular weight is 201 g/mol. The number of rotatable bonds is 3. The second-order valence-corrected chi connectivity index (χ2v) is 2.60. The quantitative estimate of drug-likeness (QED) is 0.297. The molecule has 0 aromatic heterocycles. The number of nitrogens with zero attached hydrogens (tertiary/aromatic N) is 1. The molecule has 0 fully saturated rings. The lowest BCUT2D eigenvalue weighted by atomic mass is 10.3. The SMILES string of the molecule is N/C(CNc1cc(F)cc(F)c1)=N/O. The van der Waals surface area contributed by atoms with Gasteiger partial charge in [0.25, 0.3) is 0 Å². The Hall–Kier alpha value is -1.85. The van der Waals surface area contributed by atoms with Crippen LogP contribution in [0.4, 0.5) is 14.5 Å². The lowest BCUT2D eigenvalue weighted by molar-refractivity contribution is 0.317. The van der Waals surface area contributed by atoms with Crippen molar-refractivity contribution in [2.45, 2.75) is 0 Å². The molecule has 0 amide bonds. The number of nitrogens with two attached hydrogens (primary N) is 1. The van der Waals surface area contributed by atoms with E-state index in [4.69, 9.17) is 10.9 Å². The number of amidine groups is 1. The van der Waals surface area contributed by atoms with E-state index in [-0.39, 0.29) is 18.1 Å². The zero-order chi connectivity index (χ0) is 10.6. The molecule has 0 saturated heterocycles. The van der Waals surface area contributed by atoms with E-state index in [1.165, 1.54) is 0 Å². The highest BCUT2D eigenvalue weighted by molar-refractivity contribution is 5.83. The van der Waals surface area contributed by atoms with Gasteiger partial charge in [-0.15, -0.1) is 0 Å². The molecule has 6 heteroatoms. The van der Waals surface area contributed by atoms with Crippen molar-refractivity contribution in [3.63, 3.8) is 0 Å². The summed E-state index contributed by atoms with van der Waals surface area (Å²) in [4.78, 5) is 0. The van der Waals surface area contributed by atoms with Crippen molar-refractivity contribution in [2.24, 2.45) is 10.9 Å². The number of halogens is 2. The molecule has 4 N–H and O–H groups in total. The topological polar surface area (TPSA) is 70.6 Å². The second-order valence-electron chi connectivity index (χ2n) is 2.60. The molecule has 0 aliphatic carbocycles. The monoisotopic (exact) mass is 201 g/mol. The third-order valence-corrected chi connectivity index (χ3v) is 1.46. The fourth-order valence-electron chi connectivity index (χ4n) is 0.884. The van der Waals surface area contributed by atoms with Crippen LogP contribution in [0.3, 0.4) is 0 Å². The van der Waals surface area contributed by atoms with Gasteiger partial charge in [0.1, 0.15) is 11.6 Å². The number of benzene rings is 1. The van der Waals surface area contributed by atoms with Crippen LogP contribution in [0.2, 0.25) is 0 Å². The Balaban J connectivity index is 2.67. The second kappa shape index (κ2) is 4.40. The Morgan fingerprint density at radius 3 is 2.43 bits per heavy atom. The molecule has 76 valence electrons. The van der Waals surface area contributed by atoms with Crippen LogP contribution in [-0.2, 0) is 0 Å². The molecule has 1 rings (SSSR count). The van der Waals surface area contributed by atoms with Gasteiger partial charge >= 0.3 is 0 Å².